The second-order valence-electron chi connectivity index (χ2n) is 7.27. The molecule has 1 amide bonds. The van der Waals surface area contributed by atoms with Crippen LogP contribution in [0, 0.1) is 25.7 Å². The van der Waals surface area contributed by atoms with Gasteiger partial charge in [0.25, 0.3) is 5.91 Å². The van der Waals surface area contributed by atoms with Gasteiger partial charge < -0.3 is 14.7 Å². The van der Waals surface area contributed by atoms with Crippen LogP contribution in [0.5, 0.6) is 0 Å². The van der Waals surface area contributed by atoms with Gasteiger partial charge in [0.2, 0.25) is 5.89 Å². The van der Waals surface area contributed by atoms with E-state index >= 15 is 0 Å². The van der Waals surface area contributed by atoms with Crippen molar-refractivity contribution in [2.45, 2.75) is 40.7 Å². The number of nitrogens with zero attached hydrogens (tertiary/aromatic N) is 3. The Labute approximate surface area is 148 Å². The minimum absolute atomic E-state index is 0.108. The Bertz CT molecular complexity index is 746. The molecule has 0 bridgehead atoms. The van der Waals surface area contributed by atoms with Crippen LogP contribution in [-0.4, -0.2) is 34.0 Å². The lowest BCUT2D eigenvalue weighted by molar-refractivity contribution is 0.0623. The van der Waals surface area contributed by atoms with Crippen molar-refractivity contribution in [3.63, 3.8) is 0 Å². The molecule has 2 heterocycles. The largest absolute Gasteiger partial charge is 0.377 e. The maximum atomic E-state index is 12.9. The van der Waals surface area contributed by atoms with Crippen LogP contribution in [0.4, 0.5) is 5.69 Å². The van der Waals surface area contributed by atoms with Crippen LogP contribution in [0.25, 0.3) is 0 Å². The predicted molar refractivity (Wildman–Crippen MR) is 96.4 cm³/mol. The number of nitrogens with one attached hydrogen (secondary N) is 1. The lowest BCUT2D eigenvalue weighted by Gasteiger charge is -2.35. The van der Waals surface area contributed by atoms with Crippen LogP contribution in [0.1, 0.15) is 47.9 Å². The average molecular weight is 342 g/mol. The molecule has 25 heavy (non-hydrogen) atoms. The zero-order chi connectivity index (χ0) is 18.0. The van der Waals surface area contributed by atoms with Gasteiger partial charge in [0, 0.05) is 31.3 Å². The Morgan fingerprint density at radius 1 is 1.28 bits per heavy atom. The molecule has 2 aromatic rings. The molecule has 1 aromatic carbocycles. The molecule has 1 saturated heterocycles. The molecule has 1 aromatic heterocycles. The van der Waals surface area contributed by atoms with E-state index in [0.29, 0.717) is 30.1 Å². The van der Waals surface area contributed by atoms with Crippen molar-refractivity contribution in [3.05, 3.63) is 41.0 Å². The van der Waals surface area contributed by atoms with Gasteiger partial charge in [-0.2, -0.15) is 4.98 Å². The average Bonchev–Trinajstić information content (AvgIpc) is 2.98. The molecule has 6 heteroatoms. The molecule has 0 radical (unpaired) electrons. The van der Waals surface area contributed by atoms with Gasteiger partial charge in [0.1, 0.15) is 0 Å². The number of aryl methyl sites for hydroxylation is 2. The van der Waals surface area contributed by atoms with Gasteiger partial charge >= 0.3 is 0 Å². The summed E-state index contributed by atoms with van der Waals surface area (Å²) in [6, 6.07) is 5.81. The first-order valence-corrected chi connectivity index (χ1v) is 8.85. The second kappa shape index (κ2) is 7.25. The summed E-state index contributed by atoms with van der Waals surface area (Å²) in [7, 11) is 0. The fourth-order valence-electron chi connectivity index (χ4n) is 3.54. The molecule has 1 fully saturated rings. The molecule has 0 unspecified atom stereocenters. The molecular weight excluding hydrogens is 316 g/mol. The van der Waals surface area contributed by atoms with E-state index in [1.54, 1.807) is 6.92 Å². The number of benzene rings is 1. The van der Waals surface area contributed by atoms with E-state index in [-0.39, 0.29) is 5.91 Å². The first kappa shape index (κ1) is 17.5. The van der Waals surface area contributed by atoms with E-state index in [1.165, 1.54) is 6.42 Å². The molecule has 6 nitrogen and oxygen atoms in total. The van der Waals surface area contributed by atoms with E-state index in [9.17, 15) is 4.79 Å². The molecule has 0 saturated carbocycles. The third kappa shape index (κ3) is 4.18. The molecule has 1 N–H and O–H groups in total. The Morgan fingerprint density at radius 2 is 2.00 bits per heavy atom. The highest BCUT2D eigenvalue weighted by Gasteiger charge is 2.26. The van der Waals surface area contributed by atoms with E-state index in [1.807, 2.05) is 30.0 Å². The van der Waals surface area contributed by atoms with Gasteiger partial charge in [-0.1, -0.05) is 25.1 Å². The number of hydrogen-bond acceptors (Lipinski definition) is 5. The molecule has 0 aliphatic carbocycles. The molecular formula is C19H26N4O2. The SMILES string of the molecule is Cc1nc(CNc2cc(C(=O)N3C[C@H](C)C[C@@H](C)C3)ccc2C)no1. The second-order valence-corrected chi connectivity index (χ2v) is 7.27. The number of amides is 1. The molecule has 2 atom stereocenters. The van der Waals surface area contributed by atoms with Crippen LogP contribution < -0.4 is 5.32 Å². The van der Waals surface area contributed by atoms with Crippen LogP contribution in [-0.2, 0) is 6.54 Å². The monoisotopic (exact) mass is 342 g/mol. The van der Waals surface area contributed by atoms with Crippen molar-refractivity contribution in [2.24, 2.45) is 11.8 Å². The molecule has 1 aliphatic heterocycles. The topological polar surface area (TPSA) is 71.3 Å². The first-order valence-electron chi connectivity index (χ1n) is 8.85. The smallest absolute Gasteiger partial charge is 0.253 e. The van der Waals surface area contributed by atoms with Gasteiger partial charge in [-0.25, -0.2) is 0 Å². The Hall–Kier alpha value is -2.37. The quantitative estimate of drug-likeness (QED) is 0.922. The van der Waals surface area contributed by atoms with Crippen LogP contribution in [0.2, 0.25) is 0 Å². The Balaban J connectivity index is 1.72. The predicted octanol–water partition coefficient (Wildman–Crippen LogP) is 3.42. The number of piperidine rings is 1. The fourth-order valence-corrected chi connectivity index (χ4v) is 3.54. The normalized spacial score (nSPS) is 20.6. The van der Waals surface area contributed by atoms with Crippen molar-refractivity contribution in [1.29, 1.82) is 0 Å². The summed E-state index contributed by atoms with van der Waals surface area (Å²) in [6.45, 7) is 10.3. The summed E-state index contributed by atoms with van der Waals surface area (Å²) in [5.41, 5.74) is 2.72. The summed E-state index contributed by atoms with van der Waals surface area (Å²) < 4.78 is 4.98. The number of hydrogen-bond donors (Lipinski definition) is 1. The van der Waals surface area contributed by atoms with Crippen molar-refractivity contribution < 1.29 is 9.32 Å². The number of anilines is 1. The molecule has 1 aliphatic rings. The minimum Gasteiger partial charge on any atom is -0.377 e. The minimum atomic E-state index is 0.108. The highest BCUT2D eigenvalue weighted by atomic mass is 16.5. The number of carbonyl (C=O) groups is 1. The number of carbonyl (C=O) groups excluding carboxylic acids is 1. The summed E-state index contributed by atoms with van der Waals surface area (Å²) in [5.74, 6) is 2.37. The standard InChI is InChI=1S/C19H26N4O2/c1-12-7-13(2)11-23(10-12)19(24)16-6-5-14(3)17(8-16)20-9-18-21-15(4)25-22-18/h5-6,8,12-13,20H,7,9-11H2,1-4H3/t12-,13-/m1/s1. The lowest BCUT2D eigenvalue weighted by atomic mass is 9.91. The zero-order valence-corrected chi connectivity index (χ0v) is 15.4. The van der Waals surface area contributed by atoms with Crippen LogP contribution in [0.3, 0.4) is 0 Å². The van der Waals surface area contributed by atoms with Gasteiger partial charge in [-0.15, -0.1) is 0 Å². The van der Waals surface area contributed by atoms with Gasteiger partial charge in [-0.05, 0) is 42.9 Å². The molecule has 0 spiro atoms. The van der Waals surface area contributed by atoms with Crippen molar-refractivity contribution in [1.82, 2.24) is 15.0 Å². The zero-order valence-electron chi connectivity index (χ0n) is 15.4. The summed E-state index contributed by atoms with van der Waals surface area (Å²) in [5, 5.41) is 7.19. The van der Waals surface area contributed by atoms with E-state index in [4.69, 9.17) is 4.52 Å². The summed E-state index contributed by atoms with van der Waals surface area (Å²) in [4.78, 5) is 19.1. The van der Waals surface area contributed by atoms with Gasteiger partial charge in [0.05, 0.1) is 6.54 Å². The van der Waals surface area contributed by atoms with E-state index in [2.05, 4.69) is 29.3 Å². The Kier molecular flexibility index (Phi) is 5.06. The fraction of sp³-hybridized carbons (Fsp3) is 0.526. The highest BCUT2D eigenvalue weighted by molar-refractivity contribution is 5.95. The van der Waals surface area contributed by atoms with E-state index < -0.39 is 0 Å². The summed E-state index contributed by atoms with van der Waals surface area (Å²) >= 11 is 0. The van der Waals surface area contributed by atoms with Gasteiger partial charge in [-0.3, -0.25) is 4.79 Å². The third-order valence-corrected chi connectivity index (χ3v) is 4.65. The molecule has 134 valence electrons. The number of aromatic nitrogens is 2. The van der Waals surface area contributed by atoms with Crippen LogP contribution in [0.15, 0.2) is 22.7 Å². The van der Waals surface area contributed by atoms with Crippen molar-refractivity contribution in [3.8, 4) is 0 Å². The maximum absolute atomic E-state index is 12.9. The third-order valence-electron chi connectivity index (χ3n) is 4.65. The van der Waals surface area contributed by atoms with Crippen molar-refractivity contribution in [2.75, 3.05) is 18.4 Å². The number of likely N-dealkylation sites (tertiary alicyclic amines) is 1. The lowest BCUT2D eigenvalue weighted by Crippen LogP contribution is -2.42. The number of rotatable bonds is 4. The maximum Gasteiger partial charge on any atom is 0.253 e. The van der Waals surface area contributed by atoms with E-state index in [0.717, 1.165) is 29.9 Å². The first-order chi connectivity index (χ1) is 11.9. The highest BCUT2D eigenvalue weighted by Crippen LogP contribution is 2.24. The van der Waals surface area contributed by atoms with Gasteiger partial charge in [0.15, 0.2) is 5.82 Å². The van der Waals surface area contributed by atoms with Crippen molar-refractivity contribution >= 4 is 11.6 Å². The molecule has 3 rings (SSSR count). The summed E-state index contributed by atoms with van der Waals surface area (Å²) in [6.07, 6.45) is 1.19. The van der Waals surface area contributed by atoms with Crippen LogP contribution >= 0.6 is 0 Å². The Morgan fingerprint density at radius 3 is 2.64 bits per heavy atom.